The Labute approximate surface area is 91.2 Å². The van der Waals surface area contributed by atoms with E-state index in [1.807, 2.05) is 26.8 Å². The predicted octanol–water partition coefficient (Wildman–Crippen LogP) is 1.89. The zero-order valence-electron chi connectivity index (χ0n) is 9.87. The van der Waals surface area contributed by atoms with Crippen LogP contribution >= 0.6 is 0 Å². The smallest absolute Gasteiger partial charge is 0.323 e. The molecule has 0 radical (unpaired) electrons. The van der Waals surface area contributed by atoms with Gasteiger partial charge in [0, 0.05) is 6.61 Å². The van der Waals surface area contributed by atoms with Gasteiger partial charge in [-0.2, -0.15) is 5.26 Å². The first-order valence-corrected chi connectivity index (χ1v) is 5.11. The maximum atomic E-state index is 11.2. The molecule has 0 aromatic rings. The van der Waals surface area contributed by atoms with Crippen molar-refractivity contribution >= 4 is 5.97 Å². The second kappa shape index (κ2) is 6.41. The molecular weight excluding hydrogens is 194 g/mol. The summed E-state index contributed by atoms with van der Waals surface area (Å²) in [5.41, 5.74) is -0.241. The van der Waals surface area contributed by atoms with Crippen LogP contribution in [-0.2, 0) is 14.3 Å². The Kier molecular flexibility index (Phi) is 5.95. The van der Waals surface area contributed by atoms with Gasteiger partial charge in [-0.3, -0.25) is 4.79 Å². The number of nitriles is 1. The lowest BCUT2D eigenvalue weighted by atomic mass is 10.1. The average Bonchev–Trinajstić information content (AvgIpc) is 2.11. The van der Waals surface area contributed by atoms with Gasteiger partial charge in [-0.05, 0) is 34.1 Å². The molecule has 0 aliphatic heterocycles. The van der Waals surface area contributed by atoms with Gasteiger partial charge < -0.3 is 9.47 Å². The predicted molar refractivity (Wildman–Crippen MR) is 56.1 cm³/mol. The Hall–Kier alpha value is -1.08. The van der Waals surface area contributed by atoms with Crippen molar-refractivity contribution < 1.29 is 14.3 Å². The van der Waals surface area contributed by atoms with E-state index < -0.39 is 11.9 Å². The van der Waals surface area contributed by atoms with Crippen LogP contribution in [0.3, 0.4) is 0 Å². The number of carbonyl (C=O) groups excluding carboxylic acids is 1. The van der Waals surface area contributed by atoms with Crippen LogP contribution < -0.4 is 0 Å². The van der Waals surface area contributed by atoms with Gasteiger partial charge in [-0.1, -0.05) is 0 Å². The minimum absolute atomic E-state index is 0.241. The highest BCUT2D eigenvalue weighted by molar-refractivity contribution is 5.75. The summed E-state index contributed by atoms with van der Waals surface area (Å²) < 4.78 is 10.2. The van der Waals surface area contributed by atoms with Crippen molar-refractivity contribution in [2.45, 2.75) is 39.7 Å². The lowest BCUT2D eigenvalue weighted by molar-refractivity contribution is -0.147. The molecular formula is C11H19NO3. The highest BCUT2D eigenvalue weighted by Gasteiger charge is 2.20. The molecule has 86 valence electrons. The molecule has 0 saturated heterocycles. The largest absolute Gasteiger partial charge is 0.465 e. The molecule has 4 nitrogen and oxygen atoms in total. The summed E-state index contributed by atoms with van der Waals surface area (Å²) in [6.45, 7) is 8.20. The van der Waals surface area contributed by atoms with Gasteiger partial charge in [0.15, 0.2) is 0 Å². The Morgan fingerprint density at radius 1 is 1.47 bits per heavy atom. The van der Waals surface area contributed by atoms with Crippen LogP contribution in [-0.4, -0.2) is 24.8 Å². The highest BCUT2D eigenvalue weighted by atomic mass is 16.5. The van der Waals surface area contributed by atoms with Crippen molar-refractivity contribution in [3.63, 3.8) is 0 Å². The summed E-state index contributed by atoms with van der Waals surface area (Å²) in [5, 5.41) is 8.75. The first-order valence-electron chi connectivity index (χ1n) is 5.11. The van der Waals surface area contributed by atoms with Crippen LogP contribution in [0.2, 0.25) is 0 Å². The molecule has 0 N–H and O–H groups in total. The average molecular weight is 213 g/mol. The number of carbonyl (C=O) groups is 1. The van der Waals surface area contributed by atoms with E-state index >= 15 is 0 Å². The lowest BCUT2D eigenvalue weighted by Crippen LogP contribution is -2.23. The molecule has 0 aromatic carbocycles. The van der Waals surface area contributed by atoms with Gasteiger partial charge in [0.1, 0.15) is 5.92 Å². The highest BCUT2D eigenvalue weighted by Crippen LogP contribution is 2.11. The van der Waals surface area contributed by atoms with Gasteiger partial charge in [-0.25, -0.2) is 0 Å². The van der Waals surface area contributed by atoms with E-state index in [1.165, 1.54) is 0 Å². The van der Waals surface area contributed by atoms with E-state index in [2.05, 4.69) is 0 Å². The minimum Gasteiger partial charge on any atom is -0.465 e. The molecule has 1 unspecified atom stereocenters. The molecule has 0 aliphatic rings. The van der Waals surface area contributed by atoms with Gasteiger partial charge in [0.2, 0.25) is 0 Å². The fraction of sp³-hybridized carbons (Fsp3) is 0.818. The van der Waals surface area contributed by atoms with E-state index in [0.29, 0.717) is 19.6 Å². The maximum absolute atomic E-state index is 11.2. The van der Waals surface area contributed by atoms with Crippen LogP contribution in [0.1, 0.15) is 34.1 Å². The molecule has 0 aliphatic carbocycles. The lowest BCUT2D eigenvalue weighted by Gasteiger charge is -2.20. The number of nitrogens with zero attached hydrogens (tertiary/aromatic N) is 1. The van der Waals surface area contributed by atoms with Gasteiger partial charge in [0.05, 0.1) is 18.3 Å². The second-order valence-corrected chi connectivity index (χ2v) is 4.18. The van der Waals surface area contributed by atoms with Crippen LogP contribution in [0.25, 0.3) is 0 Å². The Morgan fingerprint density at radius 2 is 2.07 bits per heavy atom. The third-order valence-corrected chi connectivity index (χ3v) is 1.67. The van der Waals surface area contributed by atoms with Crippen molar-refractivity contribution in [3.8, 4) is 6.07 Å². The van der Waals surface area contributed by atoms with E-state index in [1.54, 1.807) is 6.92 Å². The van der Waals surface area contributed by atoms with Gasteiger partial charge in [-0.15, -0.1) is 0 Å². The zero-order chi connectivity index (χ0) is 11.9. The van der Waals surface area contributed by atoms with Crippen molar-refractivity contribution in [1.82, 2.24) is 0 Å². The summed E-state index contributed by atoms with van der Waals surface area (Å²) in [4.78, 5) is 11.2. The van der Waals surface area contributed by atoms with Crippen molar-refractivity contribution in [3.05, 3.63) is 0 Å². The quantitative estimate of drug-likeness (QED) is 0.654. The molecule has 0 bridgehead atoms. The summed E-state index contributed by atoms with van der Waals surface area (Å²) in [6, 6.07) is 1.92. The fourth-order valence-electron chi connectivity index (χ4n) is 0.961. The second-order valence-electron chi connectivity index (χ2n) is 4.18. The minimum atomic E-state index is -0.715. The third-order valence-electron chi connectivity index (χ3n) is 1.67. The van der Waals surface area contributed by atoms with Gasteiger partial charge >= 0.3 is 5.97 Å². The van der Waals surface area contributed by atoms with Crippen molar-refractivity contribution in [2.24, 2.45) is 5.92 Å². The molecule has 0 aromatic heterocycles. The number of hydrogen-bond donors (Lipinski definition) is 0. The molecule has 4 heteroatoms. The summed E-state index contributed by atoms with van der Waals surface area (Å²) in [5.74, 6) is -1.18. The van der Waals surface area contributed by atoms with Crippen LogP contribution in [0, 0.1) is 17.2 Å². The molecule has 0 saturated carbocycles. The molecule has 1 atom stereocenters. The van der Waals surface area contributed by atoms with E-state index in [0.717, 1.165) is 0 Å². The van der Waals surface area contributed by atoms with Crippen molar-refractivity contribution in [2.75, 3.05) is 13.2 Å². The molecule has 0 rings (SSSR count). The standard InChI is InChI=1S/C11H19NO3/c1-5-14-10(13)9(8-12)6-7-15-11(2,3)4/h9H,5-7H2,1-4H3. The van der Waals surface area contributed by atoms with Gasteiger partial charge in [0.25, 0.3) is 0 Å². The number of hydrogen-bond acceptors (Lipinski definition) is 4. The molecule has 0 amide bonds. The number of esters is 1. The van der Waals surface area contributed by atoms with E-state index in [4.69, 9.17) is 14.7 Å². The summed E-state index contributed by atoms with van der Waals surface area (Å²) in [6.07, 6.45) is 0.382. The SMILES string of the molecule is CCOC(=O)C(C#N)CCOC(C)(C)C. The Balaban J connectivity index is 3.92. The normalized spacial score (nSPS) is 13.0. The number of ether oxygens (including phenoxy) is 2. The maximum Gasteiger partial charge on any atom is 0.323 e. The van der Waals surface area contributed by atoms with Crippen LogP contribution in [0.4, 0.5) is 0 Å². The first-order chi connectivity index (χ1) is 6.90. The number of rotatable bonds is 5. The monoisotopic (exact) mass is 213 g/mol. The topological polar surface area (TPSA) is 59.3 Å². The molecule has 15 heavy (non-hydrogen) atoms. The molecule has 0 fully saturated rings. The van der Waals surface area contributed by atoms with Crippen LogP contribution in [0.15, 0.2) is 0 Å². The first kappa shape index (κ1) is 13.9. The molecule has 0 heterocycles. The van der Waals surface area contributed by atoms with E-state index in [9.17, 15) is 4.79 Å². The summed E-state index contributed by atoms with van der Waals surface area (Å²) >= 11 is 0. The Bertz CT molecular complexity index is 237. The fourth-order valence-corrected chi connectivity index (χ4v) is 0.961. The third kappa shape index (κ3) is 6.92. The molecule has 0 spiro atoms. The van der Waals surface area contributed by atoms with E-state index in [-0.39, 0.29) is 5.60 Å². The summed E-state index contributed by atoms with van der Waals surface area (Å²) in [7, 11) is 0. The zero-order valence-corrected chi connectivity index (χ0v) is 9.87. The van der Waals surface area contributed by atoms with Crippen molar-refractivity contribution in [1.29, 1.82) is 5.26 Å². The Morgan fingerprint density at radius 3 is 2.47 bits per heavy atom. The van der Waals surface area contributed by atoms with Crippen LogP contribution in [0.5, 0.6) is 0 Å².